The van der Waals surface area contributed by atoms with Crippen LogP contribution in [0.25, 0.3) is 11.1 Å². The van der Waals surface area contributed by atoms with Crippen LogP contribution in [0.15, 0.2) is 77.1 Å². The van der Waals surface area contributed by atoms with Crippen molar-refractivity contribution in [1.82, 2.24) is 5.32 Å². The minimum Gasteiger partial charge on any atom is -0.468 e. The van der Waals surface area contributed by atoms with Gasteiger partial charge in [0.05, 0.1) is 12.7 Å². The Morgan fingerprint density at radius 1 is 0.946 bits per heavy atom. The van der Waals surface area contributed by atoms with Crippen LogP contribution in [0.1, 0.15) is 57.4 Å². The van der Waals surface area contributed by atoms with E-state index in [1.54, 1.807) is 0 Å². The van der Waals surface area contributed by atoms with Crippen molar-refractivity contribution in [2.45, 2.75) is 58.0 Å². The maximum atomic E-state index is 13.9. The number of nitrogens with one attached hydrogen (secondary N) is 1. The summed E-state index contributed by atoms with van der Waals surface area (Å²) in [4.78, 5) is 40.1. The summed E-state index contributed by atoms with van der Waals surface area (Å²) in [5.41, 5.74) is 5.30. The molecule has 192 valence electrons. The standard InChI is InChI=1S/C31H33NO5/c1-18-17-24-28(29(33)25(18)30(34)36-3)27(22-15-13-21(14-16-22)20-9-5-4-6-10-20)26(19(2)32-24)31(35)37-23-11-7-8-12-23/h4-6,9-10,13-16,18,23,25,27,32H,7-8,11-12,17H2,1-3H3/t18-,25+,27-/m0/s1. The fourth-order valence-electron chi connectivity index (χ4n) is 6.00. The quantitative estimate of drug-likeness (QED) is 0.435. The summed E-state index contributed by atoms with van der Waals surface area (Å²) in [5.74, 6) is -2.97. The van der Waals surface area contributed by atoms with Crippen LogP contribution in [-0.2, 0) is 23.9 Å². The molecule has 2 aliphatic carbocycles. The highest BCUT2D eigenvalue weighted by atomic mass is 16.5. The van der Waals surface area contributed by atoms with Crippen molar-refractivity contribution in [2.24, 2.45) is 11.8 Å². The van der Waals surface area contributed by atoms with Gasteiger partial charge in [0, 0.05) is 22.9 Å². The second-order valence-corrected chi connectivity index (χ2v) is 10.3. The van der Waals surface area contributed by atoms with Crippen LogP contribution in [0.3, 0.4) is 0 Å². The Hall–Kier alpha value is -3.67. The van der Waals surface area contributed by atoms with Crippen LogP contribution in [-0.4, -0.2) is 30.9 Å². The van der Waals surface area contributed by atoms with Gasteiger partial charge in [0.1, 0.15) is 12.0 Å². The fraction of sp³-hybridized carbons (Fsp3) is 0.387. The molecule has 1 heterocycles. The lowest BCUT2D eigenvalue weighted by atomic mass is 9.69. The van der Waals surface area contributed by atoms with E-state index < -0.39 is 23.8 Å². The van der Waals surface area contributed by atoms with Crippen molar-refractivity contribution in [3.8, 4) is 11.1 Å². The average molecular weight is 500 g/mol. The van der Waals surface area contributed by atoms with Gasteiger partial charge in [0.2, 0.25) is 0 Å². The van der Waals surface area contributed by atoms with Gasteiger partial charge in [0.25, 0.3) is 0 Å². The molecule has 3 aliphatic rings. The minimum atomic E-state index is -0.901. The number of hydrogen-bond acceptors (Lipinski definition) is 6. The lowest BCUT2D eigenvalue weighted by Gasteiger charge is -2.38. The summed E-state index contributed by atoms with van der Waals surface area (Å²) < 4.78 is 10.9. The van der Waals surface area contributed by atoms with Gasteiger partial charge in [-0.25, -0.2) is 4.79 Å². The van der Waals surface area contributed by atoms with Gasteiger partial charge < -0.3 is 14.8 Å². The zero-order valence-electron chi connectivity index (χ0n) is 21.6. The van der Waals surface area contributed by atoms with Gasteiger partial charge in [-0.05, 0) is 61.6 Å². The lowest BCUT2D eigenvalue weighted by molar-refractivity contribution is -0.151. The molecule has 1 N–H and O–H groups in total. The van der Waals surface area contributed by atoms with Gasteiger partial charge in [-0.3, -0.25) is 9.59 Å². The number of benzene rings is 2. The molecule has 37 heavy (non-hydrogen) atoms. The third kappa shape index (κ3) is 4.73. The molecular formula is C31H33NO5. The molecule has 0 amide bonds. The number of esters is 2. The van der Waals surface area contributed by atoms with Crippen LogP contribution < -0.4 is 5.32 Å². The second kappa shape index (κ2) is 10.4. The van der Waals surface area contributed by atoms with Crippen LogP contribution >= 0.6 is 0 Å². The van der Waals surface area contributed by atoms with Crippen LogP contribution in [0, 0.1) is 11.8 Å². The molecule has 2 aromatic carbocycles. The van der Waals surface area contributed by atoms with Gasteiger partial charge in [-0.2, -0.15) is 0 Å². The molecule has 1 saturated carbocycles. The largest absolute Gasteiger partial charge is 0.468 e. The van der Waals surface area contributed by atoms with E-state index in [9.17, 15) is 14.4 Å². The maximum Gasteiger partial charge on any atom is 0.337 e. The maximum absolute atomic E-state index is 13.9. The first-order valence-corrected chi connectivity index (χ1v) is 13.1. The number of Topliss-reactive ketones (excluding diaryl/α,β-unsaturated/α-hetero) is 1. The smallest absolute Gasteiger partial charge is 0.337 e. The molecule has 0 bridgehead atoms. The number of rotatable bonds is 5. The van der Waals surface area contributed by atoms with E-state index in [4.69, 9.17) is 9.47 Å². The first-order valence-electron chi connectivity index (χ1n) is 13.1. The molecule has 0 spiro atoms. The first-order chi connectivity index (χ1) is 17.9. The second-order valence-electron chi connectivity index (χ2n) is 10.3. The van der Waals surface area contributed by atoms with Crippen molar-refractivity contribution in [1.29, 1.82) is 0 Å². The number of methoxy groups -OCH3 is 1. The molecule has 5 rings (SSSR count). The number of carbonyl (C=O) groups is 3. The molecular weight excluding hydrogens is 466 g/mol. The molecule has 2 aromatic rings. The molecule has 1 aliphatic heterocycles. The summed E-state index contributed by atoms with van der Waals surface area (Å²) in [5, 5.41) is 3.33. The average Bonchev–Trinajstić information content (AvgIpc) is 3.41. The Morgan fingerprint density at radius 3 is 2.24 bits per heavy atom. The monoisotopic (exact) mass is 499 g/mol. The summed E-state index contributed by atoms with van der Waals surface area (Å²) in [6.07, 6.45) is 4.22. The number of ketones is 1. The predicted molar refractivity (Wildman–Crippen MR) is 140 cm³/mol. The Bertz CT molecular complexity index is 1270. The Balaban J connectivity index is 1.58. The van der Waals surface area contributed by atoms with E-state index in [-0.39, 0.29) is 17.8 Å². The molecule has 0 radical (unpaired) electrons. The van der Waals surface area contributed by atoms with Gasteiger partial charge in [0.15, 0.2) is 5.78 Å². The molecule has 6 nitrogen and oxygen atoms in total. The summed E-state index contributed by atoms with van der Waals surface area (Å²) in [6, 6.07) is 18.0. The highest BCUT2D eigenvalue weighted by Gasteiger charge is 2.47. The third-order valence-electron chi connectivity index (χ3n) is 7.89. The summed E-state index contributed by atoms with van der Waals surface area (Å²) in [7, 11) is 1.31. The van der Waals surface area contributed by atoms with Gasteiger partial charge in [-0.15, -0.1) is 0 Å². The molecule has 0 aromatic heterocycles. The Kier molecular flexibility index (Phi) is 7.00. The van der Waals surface area contributed by atoms with E-state index in [0.29, 0.717) is 23.3 Å². The number of hydrogen-bond donors (Lipinski definition) is 1. The van der Waals surface area contributed by atoms with Crippen molar-refractivity contribution < 1.29 is 23.9 Å². The number of carbonyl (C=O) groups excluding carboxylic acids is 3. The van der Waals surface area contributed by atoms with Crippen LogP contribution in [0.2, 0.25) is 0 Å². The lowest BCUT2D eigenvalue weighted by Crippen LogP contribution is -2.43. The van der Waals surface area contributed by atoms with E-state index in [1.165, 1.54) is 7.11 Å². The minimum absolute atomic E-state index is 0.103. The highest BCUT2D eigenvalue weighted by Crippen LogP contribution is 2.46. The summed E-state index contributed by atoms with van der Waals surface area (Å²) in [6.45, 7) is 3.75. The number of allylic oxidation sites excluding steroid dienone is 3. The molecule has 1 fully saturated rings. The fourth-order valence-corrected chi connectivity index (χ4v) is 6.00. The molecule has 0 saturated heterocycles. The zero-order valence-corrected chi connectivity index (χ0v) is 21.6. The number of dihydropyridines is 1. The van der Waals surface area contributed by atoms with Crippen molar-refractivity contribution in [2.75, 3.05) is 7.11 Å². The first kappa shape index (κ1) is 25.0. The number of ether oxygens (including phenoxy) is 2. The van der Waals surface area contributed by atoms with Crippen LogP contribution in [0.5, 0.6) is 0 Å². The SMILES string of the molecule is COC(=O)[C@H]1C(=O)C2=C(C[C@@H]1C)NC(C)=C(C(=O)OC1CCCC1)[C@@H]2c1ccc(-c2ccccc2)cc1. The van der Waals surface area contributed by atoms with Crippen molar-refractivity contribution in [3.63, 3.8) is 0 Å². The molecule has 3 atom stereocenters. The highest BCUT2D eigenvalue weighted by molar-refractivity contribution is 6.12. The van der Waals surface area contributed by atoms with E-state index in [0.717, 1.165) is 48.1 Å². The topological polar surface area (TPSA) is 81.7 Å². The van der Waals surface area contributed by atoms with Gasteiger partial charge in [-0.1, -0.05) is 61.5 Å². The molecule has 0 unspecified atom stereocenters. The predicted octanol–water partition coefficient (Wildman–Crippen LogP) is 5.45. The van der Waals surface area contributed by atoms with Crippen LogP contribution in [0.4, 0.5) is 0 Å². The summed E-state index contributed by atoms with van der Waals surface area (Å²) >= 11 is 0. The van der Waals surface area contributed by atoms with Crippen molar-refractivity contribution in [3.05, 3.63) is 82.7 Å². The van der Waals surface area contributed by atoms with E-state index in [1.807, 2.05) is 68.4 Å². The van der Waals surface area contributed by atoms with Gasteiger partial charge >= 0.3 is 11.9 Å². The Morgan fingerprint density at radius 2 is 1.59 bits per heavy atom. The normalized spacial score (nSPS) is 24.0. The zero-order chi connectivity index (χ0) is 26.1. The van der Waals surface area contributed by atoms with Crippen molar-refractivity contribution >= 4 is 17.7 Å². The third-order valence-corrected chi connectivity index (χ3v) is 7.89. The van der Waals surface area contributed by atoms with E-state index in [2.05, 4.69) is 5.32 Å². The Labute approximate surface area is 217 Å². The molecule has 6 heteroatoms. The van der Waals surface area contributed by atoms with E-state index >= 15 is 0 Å².